The number of pyridine rings is 1. The average Bonchev–Trinajstić information content (AvgIpc) is 3.31. The van der Waals surface area contributed by atoms with Gasteiger partial charge in [0.1, 0.15) is 11.4 Å². The predicted octanol–water partition coefficient (Wildman–Crippen LogP) is 3.07. The normalized spacial score (nSPS) is 14.7. The second kappa shape index (κ2) is 10.1. The first-order valence-corrected chi connectivity index (χ1v) is 12.2. The smallest absolute Gasteiger partial charge is 0.261 e. The summed E-state index contributed by atoms with van der Waals surface area (Å²) in [5, 5.41) is 17.6. The summed E-state index contributed by atoms with van der Waals surface area (Å²) in [6.07, 6.45) is 0.713. The lowest BCUT2D eigenvalue weighted by Gasteiger charge is -2.27. The third-order valence-electron chi connectivity index (χ3n) is 6.35. The van der Waals surface area contributed by atoms with E-state index in [1.54, 1.807) is 36.4 Å². The Morgan fingerprint density at radius 1 is 1.22 bits per heavy atom. The van der Waals surface area contributed by atoms with Crippen LogP contribution in [0.3, 0.4) is 0 Å². The van der Waals surface area contributed by atoms with Gasteiger partial charge in [-0.25, -0.2) is 4.98 Å². The number of amides is 1. The molecule has 3 heterocycles. The van der Waals surface area contributed by atoms with Crippen molar-refractivity contribution in [2.45, 2.75) is 13.0 Å². The van der Waals surface area contributed by atoms with Gasteiger partial charge in [0.2, 0.25) is 0 Å². The lowest BCUT2D eigenvalue weighted by atomic mass is 10.1. The zero-order valence-electron chi connectivity index (χ0n) is 19.8. The fourth-order valence-corrected chi connectivity index (χ4v) is 4.68. The zero-order valence-corrected chi connectivity index (χ0v) is 20.5. The number of hydrogen-bond donors (Lipinski definition) is 5. The van der Waals surface area contributed by atoms with E-state index in [0.29, 0.717) is 57.3 Å². The van der Waals surface area contributed by atoms with Crippen LogP contribution in [-0.4, -0.2) is 63.6 Å². The Kier molecular flexibility index (Phi) is 6.77. The summed E-state index contributed by atoms with van der Waals surface area (Å²) in [6, 6.07) is 12.4. The molecule has 4 aromatic rings. The molecule has 10 heteroatoms. The number of piperazine rings is 1. The van der Waals surface area contributed by atoms with E-state index in [0.717, 1.165) is 18.7 Å². The molecule has 0 saturated carbocycles. The number of fused-ring (bicyclic) bond motifs is 1. The fraction of sp³-hybridized carbons (Fsp3) is 0.269. The summed E-state index contributed by atoms with van der Waals surface area (Å²) < 4.78 is 0. The third-order valence-corrected chi connectivity index (χ3v) is 6.58. The number of halogens is 1. The molecule has 0 radical (unpaired) electrons. The van der Waals surface area contributed by atoms with Crippen LogP contribution in [0.4, 0.5) is 5.69 Å². The standard InChI is InChI=1S/C26H27ClN6O3/c1-15-11-17(26(36)33-9-7-28-8-10-33)13-20-23(15)32-24(31-20)22-19(5-6-29-25(22)35)30-14-21(34)16-3-2-4-18(27)12-16/h2-6,11-13,21,28,34H,7-10,14H2,1H3,(H,31,32)(H2,29,30,35). The van der Waals surface area contributed by atoms with Crippen molar-refractivity contribution in [3.8, 4) is 11.4 Å². The van der Waals surface area contributed by atoms with Gasteiger partial charge in [-0.2, -0.15) is 0 Å². The predicted molar refractivity (Wildman–Crippen MR) is 141 cm³/mol. The Hall–Kier alpha value is -3.66. The van der Waals surface area contributed by atoms with Gasteiger partial charge in [-0.1, -0.05) is 23.7 Å². The van der Waals surface area contributed by atoms with Gasteiger partial charge in [0.25, 0.3) is 11.5 Å². The zero-order chi connectivity index (χ0) is 25.2. The molecule has 5 N–H and O–H groups in total. The van der Waals surface area contributed by atoms with Crippen molar-refractivity contribution in [3.05, 3.63) is 80.7 Å². The quantitative estimate of drug-likeness (QED) is 0.273. The molecule has 5 rings (SSSR count). The van der Waals surface area contributed by atoms with E-state index >= 15 is 0 Å². The number of aromatic amines is 2. The topological polar surface area (TPSA) is 126 Å². The van der Waals surface area contributed by atoms with Gasteiger partial charge >= 0.3 is 0 Å². The Bertz CT molecular complexity index is 1470. The van der Waals surface area contributed by atoms with Crippen LogP contribution in [0.1, 0.15) is 27.6 Å². The van der Waals surface area contributed by atoms with Gasteiger partial charge in [-0.15, -0.1) is 0 Å². The van der Waals surface area contributed by atoms with Crippen molar-refractivity contribution in [1.29, 1.82) is 0 Å². The molecule has 0 aliphatic carbocycles. The highest BCUT2D eigenvalue weighted by Gasteiger charge is 2.21. The van der Waals surface area contributed by atoms with E-state index in [2.05, 4.69) is 25.6 Å². The molecule has 1 amide bonds. The number of aliphatic hydroxyl groups excluding tert-OH is 1. The van der Waals surface area contributed by atoms with Crippen LogP contribution >= 0.6 is 11.6 Å². The Labute approximate surface area is 212 Å². The third kappa shape index (κ3) is 4.86. The first kappa shape index (κ1) is 24.1. The maximum Gasteiger partial charge on any atom is 0.261 e. The van der Waals surface area contributed by atoms with Crippen molar-refractivity contribution in [1.82, 2.24) is 25.2 Å². The molecule has 2 aromatic heterocycles. The van der Waals surface area contributed by atoms with Crippen LogP contribution in [0.25, 0.3) is 22.4 Å². The first-order valence-electron chi connectivity index (χ1n) is 11.8. The maximum atomic E-state index is 13.0. The molecule has 186 valence electrons. The van der Waals surface area contributed by atoms with Crippen LogP contribution in [0, 0.1) is 6.92 Å². The van der Waals surface area contributed by atoms with Crippen LogP contribution in [0.2, 0.25) is 5.02 Å². The van der Waals surface area contributed by atoms with Crippen molar-refractivity contribution < 1.29 is 9.90 Å². The number of aromatic nitrogens is 3. The molecule has 1 atom stereocenters. The van der Waals surface area contributed by atoms with Gasteiger partial charge in [0.05, 0.1) is 22.8 Å². The average molecular weight is 507 g/mol. The molecule has 0 bridgehead atoms. The number of carbonyl (C=O) groups excluding carboxylic acids is 1. The largest absolute Gasteiger partial charge is 0.387 e. The van der Waals surface area contributed by atoms with E-state index in [1.807, 2.05) is 17.9 Å². The van der Waals surface area contributed by atoms with Crippen molar-refractivity contribution in [2.75, 3.05) is 38.0 Å². The highest BCUT2D eigenvalue weighted by atomic mass is 35.5. The summed E-state index contributed by atoms with van der Waals surface area (Å²) in [7, 11) is 0. The number of benzene rings is 2. The van der Waals surface area contributed by atoms with Crippen LogP contribution in [0.5, 0.6) is 0 Å². The highest BCUT2D eigenvalue weighted by molar-refractivity contribution is 6.30. The number of carbonyl (C=O) groups is 1. The molecule has 1 aliphatic rings. The number of hydrogen-bond acceptors (Lipinski definition) is 6. The minimum absolute atomic E-state index is 0.0208. The number of aliphatic hydroxyl groups is 1. The SMILES string of the molecule is Cc1cc(C(=O)N2CCNCC2)cc2[nH]c(-c3c(NCC(O)c4cccc(Cl)c4)cc[nH]c3=O)nc12. The first-order chi connectivity index (χ1) is 17.4. The molecule has 1 saturated heterocycles. The number of anilines is 1. The molecule has 1 aliphatic heterocycles. The summed E-state index contributed by atoms with van der Waals surface area (Å²) >= 11 is 6.04. The molecule has 0 spiro atoms. The Balaban J connectivity index is 1.45. The van der Waals surface area contributed by atoms with Crippen molar-refractivity contribution in [3.63, 3.8) is 0 Å². The fourth-order valence-electron chi connectivity index (χ4n) is 4.48. The summed E-state index contributed by atoms with van der Waals surface area (Å²) in [6.45, 7) is 4.95. The van der Waals surface area contributed by atoms with Gasteiger partial charge in [0, 0.05) is 49.5 Å². The number of rotatable bonds is 6. The minimum Gasteiger partial charge on any atom is -0.387 e. The number of H-pyrrole nitrogens is 2. The van der Waals surface area contributed by atoms with Crippen LogP contribution in [-0.2, 0) is 0 Å². The van der Waals surface area contributed by atoms with E-state index in [9.17, 15) is 14.7 Å². The lowest BCUT2D eigenvalue weighted by Crippen LogP contribution is -2.46. The molecule has 1 unspecified atom stereocenters. The summed E-state index contributed by atoms with van der Waals surface area (Å²) in [5.74, 6) is 0.356. The number of aryl methyl sites for hydroxylation is 1. The van der Waals surface area contributed by atoms with E-state index < -0.39 is 6.10 Å². The molecule has 2 aromatic carbocycles. The Morgan fingerprint density at radius 2 is 2.03 bits per heavy atom. The minimum atomic E-state index is -0.827. The highest BCUT2D eigenvalue weighted by Crippen LogP contribution is 2.28. The molecular weight excluding hydrogens is 480 g/mol. The Morgan fingerprint density at radius 3 is 2.81 bits per heavy atom. The molecular formula is C26H27ClN6O3. The van der Waals surface area contributed by atoms with Crippen LogP contribution < -0.4 is 16.2 Å². The van der Waals surface area contributed by atoms with Gasteiger partial charge < -0.3 is 30.6 Å². The molecule has 36 heavy (non-hydrogen) atoms. The van der Waals surface area contributed by atoms with Gasteiger partial charge in [-0.3, -0.25) is 9.59 Å². The second-order valence-corrected chi connectivity index (χ2v) is 9.30. The van der Waals surface area contributed by atoms with Crippen molar-refractivity contribution in [2.24, 2.45) is 0 Å². The van der Waals surface area contributed by atoms with E-state index in [1.165, 1.54) is 6.20 Å². The summed E-state index contributed by atoms with van der Waals surface area (Å²) in [4.78, 5) is 38.3. The monoisotopic (exact) mass is 506 g/mol. The van der Waals surface area contributed by atoms with Gasteiger partial charge in [0.15, 0.2) is 0 Å². The molecule has 1 fully saturated rings. The van der Waals surface area contributed by atoms with Crippen LogP contribution in [0.15, 0.2) is 53.5 Å². The number of imidazole rings is 1. The van der Waals surface area contributed by atoms with E-state index in [4.69, 9.17) is 11.6 Å². The number of nitrogens with one attached hydrogen (secondary N) is 4. The summed E-state index contributed by atoms with van der Waals surface area (Å²) in [5.41, 5.74) is 3.98. The van der Waals surface area contributed by atoms with Crippen molar-refractivity contribution >= 4 is 34.2 Å². The lowest BCUT2D eigenvalue weighted by molar-refractivity contribution is 0.0736. The number of nitrogens with zero attached hydrogens (tertiary/aromatic N) is 2. The second-order valence-electron chi connectivity index (χ2n) is 8.86. The van der Waals surface area contributed by atoms with Gasteiger partial charge in [-0.05, 0) is 48.4 Å². The molecule has 9 nitrogen and oxygen atoms in total. The van der Waals surface area contributed by atoms with E-state index in [-0.39, 0.29) is 18.0 Å². The maximum absolute atomic E-state index is 13.0.